The Morgan fingerprint density at radius 2 is 1.55 bits per heavy atom. The second-order valence-corrected chi connectivity index (χ2v) is 13.1. The molecule has 0 radical (unpaired) electrons. The summed E-state index contributed by atoms with van der Waals surface area (Å²) in [6.45, 7) is 5.05. The van der Waals surface area contributed by atoms with Crippen LogP contribution < -0.4 is 16.3 Å². The van der Waals surface area contributed by atoms with Crippen molar-refractivity contribution < 1.29 is 19.4 Å². The molecule has 2 amide bonds. The number of hydrogen-bond donors (Lipinski definition) is 4. The van der Waals surface area contributed by atoms with E-state index in [1.807, 2.05) is 108 Å². The zero-order chi connectivity index (χ0) is 33.7. The number of nitrogens with one attached hydrogen (secondary N) is 3. The number of ether oxygens (including phenoxy) is 2. The lowest BCUT2D eigenvalue weighted by Crippen LogP contribution is -2.47. The minimum atomic E-state index is -0.605. The van der Waals surface area contributed by atoms with Gasteiger partial charge in [-0.3, -0.25) is 4.57 Å². The monoisotopic (exact) mass is 661 g/mol. The van der Waals surface area contributed by atoms with Crippen LogP contribution in [-0.4, -0.2) is 51.3 Å². The number of piperidine rings is 1. The normalized spacial score (nSPS) is 21.8. The smallest absolute Gasteiger partial charge is 0.326 e. The van der Waals surface area contributed by atoms with E-state index in [9.17, 15) is 14.7 Å². The minimum absolute atomic E-state index is 0.0129. The Morgan fingerprint density at radius 3 is 2.29 bits per heavy atom. The third-order valence-corrected chi connectivity index (χ3v) is 9.84. The van der Waals surface area contributed by atoms with Crippen LogP contribution in [0, 0.1) is 5.92 Å². The number of hydrogen-bond acceptors (Lipinski definition) is 6. The summed E-state index contributed by atoms with van der Waals surface area (Å²) in [6.07, 6.45) is 0.812. The molecule has 2 aliphatic heterocycles. The first-order valence-electron chi connectivity index (χ1n) is 17.1. The van der Waals surface area contributed by atoms with Crippen molar-refractivity contribution in [3.63, 3.8) is 0 Å². The highest BCUT2D eigenvalue weighted by Gasteiger charge is 2.39. The van der Waals surface area contributed by atoms with E-state index in [1.165, 1.54) is 0 Å². The number of aliphatic hydroxyl groups is 1. The molecule has 10 heteroatoms. The number of H-pyrrole nitrogens is 1. The standard InChI is InChI=1S/C39H43N5O5/c1-26-35(24-43-21-19-32(20-22-43)44-34-10-6-5-9-33(34)42-39(44)47)48-37(49-36(26)29-13-11-28(25-45)12-14-29)30-15-17-31(18-16-30)41-38(46)40-23-27-7-3-2-4-8-27/h2-18,26,32,35-37,45H,19-25H2,1H3,(H,42,47)(H2,40,41,46)/t26-,35+,36+,37+/m0/s1. The first-order chi connectivity index (χ1) is 23.9. The number of nitrogens with zero attached hydrogens (tertiary/aromatic N) is 2. The van der Waals surface area contributed by atoms with Gasteiger partial charge in [0.2, 0.25) is 0 Å². The molecule has 4 N–H and O–H groups in total. The predicted molar refractivity (Wildman–Crippen MR) is 189 cm³/mol. The SMILES string of the molecule is C[C@H]1[C@@H](CN2CCC(n3c(=O)[nH]c4ccccc43)CC2)O[C@@H](c2ccc(NC(=O)NCc3ccccc3)cc2)O[C@H]1c1ccc(CO)cc1. The van der Waals surface area contributed by atoms with Crippen LogP contribution in [0.1, 0.15) is 60.5 Å². The van der Waals surface area contributed by atoms with E-state index < -0.39 is 6.29 Å². The summed E-state index contributed by atoms with van der Waals surface area (Å²) in [5, 5.41) is 15.4. The molecule has 5 aromatic rings. The van der Waals surface area contributed by atoms with Gasteiger partial charge in [0.25, 0.3) is 0 Å². The molecule has 254 valence electrons. The Morgan fingerprint density at radius 1 is 0.857 bits per heavy atom. The predicted octanol–water partition coefficient (Wildman–Crippen LogP) is 6.27. The topological polar surface area (TPSA) is 121 Å². The van der Waals surface area contributed by atoms with Crippen LogP contribution in [0.5, 0.6) is 0 Å². The summed E-state index contributed by atoms with van der Waals surface area (Å²) in [6, 6.07) is 33.0. The van der Waals surface area contributed by atoms with Crippen molar-refractivity contribution in [1.29, 1.82) is 0 Å². The van der Waals surface area contributed by atoms with Crippen molar-refractivity contribution in [2.75, 3.05) is 25.0 Å². The summed E-state index contributed by atoms with van der Waals surface area (Å²) < 4.78 is 15.3. The first-order valence-corrected chi connectivity index (χ1v) is 17.1. The molecule has 0 aliphatic carbocycles. The summed E-state index contributed by atoms with van der Waals surface area (Å²) in [5.41, 5.74) is 6.23. The zero-order valence-corrected chi connectivity index (χ0v) is 27.6. The number of anilines is 1. The van der Waals surface area contributed by atoms with E-state index in [-0.39, 0.29) is 42.5 Å². The van der Waals surface area contributed by atoms with Gasteiger partial charge in [-0.05, 0) is 53.8 Å². The molecular weight excluding hydrogens is 618 g/mol. The van der Waals surface area contributed by atoms with E-state index in [0.717, 1.165) is 65.8 Å². The lowest BCUT2D eigenvalue weighted by atomic mass is 9.89. The number of aromatic nitrogens is 2. The summed E-state index contributed by atoms with van der Waals surface area (Å²) in [4.78, 5) is 30.8. The van der Waals surface area contributed by atoms with Crippen molar-refractivity contribution in [2.45, 2.75) is 57.5 Å². The number of fused-ring (bicyclic) bond motifs is 1. The van der Waals surface area contributed by atoms with Crippen molar-refractivity contribution in [3.05, 3.63) is 136 Å². The maximum atomic E-state index is 12.8. The molecule has 4 atom stereocenters. The summed E-state index contributed by atoms with van der Waals surface area (Å²) >= 11 is 0. The average molecular weight is 662 g/mol. The molecule has 0 spiro atoms. The van der Waals surface area contributed by atoms with Gasteiger partial charge in [-0.15, -0.1) is 0 Å². The van der Waals surface area contributed by atoms with Gasteiger partial charge in [0.15, 0.2) is 6.29 Å². The molecule has 4 aromatic carbocycles. The molecule has 0 saturated carbocycles. The minimum Gasteiger partial charge on any atom is -0.392 e. The number of urea groups is 1. The third-order valence-electron chi connectivity index (χ3n) is 9.84. The van der Waals surface area contributed by atoms with Gasteiger partial charge in [0.1, 0.15) is 0 Å². The Balaban J connectivity index is 1.03. The fraction of sp³-hybridized carbons (Fsp3) is 0.333. The van der Waals surface area contributed by atoms with Gasteiger partial charge in [-0.1, -0.05) is 85.8 Å². The van der Waals surface area contributed by atoms with Gasteiger partial charge >= 0.3 is 11.7 Å². The molecule has 3 heterocycles. The van der Waals surface area contributed by atoms with Gasteiger partial charge in [0.05, 0.1) is 29.8 Å². The Kier molecular flexibility index (Phi) is 9.90. The number of aliphatic hydroxyl groups excluding tert-OH is 1. The van der Waals surface area contributed by atoms with Gasteiger partial charge < -0.3 is 35.1 Å². The van der Waals surface area contributed by atoms with Crippen LogP contribution in [0.25, 0.3) is 11.0 Å². The van der Waals surface area contributed by atoms with Crippen LogP contribution in [0.15, 0.2) is 108 Å². The zero-order valence-electron chi connectivity index (χ0n) is 27.6. The number of amides is 2. The van der Waals surface area contributed by atoms with Crippen LogP contribution in [0.2, 0.25) is 0 Å². The number of carbonyl (C=O) groups excluding carboxylic acids is 1. The Bertz CT molecular complexity index is 1900. The van der Waals surface area contributed by atoms with Gasteiger partial charge in [-0.2, -0.15) is 0 Å². The number of likely N-dealkylation sites (tertiary alicyclic amines) is 1. The Labute approximate surface area is 285 Å². The third kappa shape index (κ3) is 7.47. The first kappa shape index (κ1) is 32.8. The molecule has 2 saturated heterocycles. The van der Waals surface area contributed by atoms with Crippen LogP contribution in [0.3, 0.4) is 0 Å². The van der Waals surface area contributed by atoms with Crippen molar-refractivity contribution in [3.8, 4) is 0 Å². The molecule has 10 nitrogen and oxygen atoms in total. The number of para-hydroxylation sites is 2. The molecule has 2 aliphatic rings. The van der Waals surface area contributed by atoms with Crippen LogP contribution >= 0.6 is 0 Å². The molecule has 0 bridgehead atoms. The number of benzene rings is 4. The van der Waals surface area contributed by atoms with Crippen molar-refractivity contribution in [2.24, 2.45) is 5.92 Å². The van der Waals surface area contributed by atoms with E-state index in [0.29, 0.717) is 12.2 Å². The quantitative estimate of drug-likeness (QED) is 0.148. The van der Waals surface area contributed by atoms with E-state index in [4.69, 9.17) is 9.47 Å². The highest BCUT2D eigenvalue weighted by Crippen LogP contribution is 2.42. The fourth-order valence-corrected chi connectivity index (χ4v) is 7.06. The van der Waals surface area contributed by atoms with Gasteiger partial charge in [0, 0.05) is 49.4 Å². The molecule has 49 heavy (non-hydrogen) atoms. The maximum absolute atomic E-state index is 12.8. The molecular formula is C39H43N5O5. The molecule has 7 rings (SSSR count). The average Bonchev–Trinajstić information content (AvgIpc) is 3.48. The molecule has 1 aromatic heterocycles. The van der Waals surface area contributed by atoms with Crippen LogP contribution in [0.4, 0.5) is 10.5 Å². The number of aromatic amines is 1. The van der Waals surface area contributed by atoms with E-state index >= 15 is 0 Å². The van der Waals surface area contributed by atoms with E-state index in [2.05, 4.69) is 27.4 Å². The van der Waals surface area contributed by atoms with E-state index in [1.54, 1.807) is 0 Å². The van der Waals surface area contributed by atoms with Crippen molar-refractivity contribution in [1.82, 2.24) is 19.8 Å². The number of imidazole rings is 1. The fourth-order valence-electron chi connectivity index (χ4n) is 7.06. The highest BCUT2D eigenvalue weighted by molar-refractivity contribution is 5.89. The second-order valence-electron chi connectivity index (χ2n) is 13.1. The molecule has 0 unspecified atom stereocenters. The summed E-state index contributed by atoms with van der Waals surface area (Å²) in [5.74, 6) is 0.0550. The number of carbonyl (C=O) groups is 1. The Hall–Kier alpha value is -4.74. The van der Waals surface area contributed by atoms with Crippen molar-refractivity contribution >= 4 is 22.8 Å². The van der Waals surface area contributed by atoms with Gasteiger partial charge in [-0.25, -0.2) is 9.59 Å². The second kappa shape index (κ2) is 14.8. The van der Waals surface area contributed by atoms with Crippen LogP contribution in [-0.2, 0) is 22.6 Å². The largest absolute Gasteiger partial charge is 0.392 e. The number of rotatable bonds is 9. The maximum Gasteiger partial charge on any atom is 0.326 e. The highest BCUT2D eigenvalue weighted by atomic mass is 16.7. The lowest BCUT2D eigenvalue weighted by molar-refractivity contribution is -0.276. The lowest BCUT2D eigenvalue weighted by Gasteiger charge is -2.44. The molecule has 2 fully saturated rings. The summed E-state index contributed by atoms with van der Waals surface area (Å²) in [7, 11) is 0.